The van der Waals surface area contributed by atoms with Crippen LogP contribution in [0.3, 0.4) is 0 Å². The van der Waals surface area contributed by atoms with Crippen molar-refractivity contribution < 1.29 is 4.74 Å². The van der Waals surface area contributed by atoms with Crippen LogP contribution in [0, 0.1) is 0 Å². The summed E-state index contributed by atoms with van der Waals surface area (Å²) in [6.45, 7) is 0. The van der Waals surface area contributed by atoms with Crippen molar-refractivity contribution in [3.05, 3.63) is 24.3 Å². The van der Waals surface area contributed by atoms with Crippen molar-refractivity contribution in [3.63, 3.8) is 0 Å². The number of hydrogen-bond donors (Lipinski definition) is 1. The molecule has 0 heterocycles. The Kier molecular flexibility index (Phi) is 2.92. The van der Waals surface area contributed by atoms with E-state index in [0.29, 0.717) is 6.10 Å². The normalized spacial score (nSPS) is 16.9. The van der Waals surface area contributed by atoms with Crippen LogP contribution < -0.4 is 10.1 Å². The van der Waals surface area contributed by atoms with E-state index in [-0.39, 0.29) is 0 Å². The minimum Gasteiger partial charge on any atom is -0.490 e. The van der Waals surface area contributed by atoms with E-state index >= 15 is 0 Å². The first-order chi connectivity index (χ1) is 6.88. The van der Waals surface area contributed by atoms with Crippen LogP contribution in [0.25, 0.3) is 0 Å². The van der Waals surface area contributed by atoms with E-state index < -0.39 is 0 Å². The van der Waals surface area contributed by atoms with Crippen LogP contribution in [0.1, 0.15) is 25.7 Å². The molecule has 0 saturated heterocycles. The van der Waals surface area contributed by atoms with Gasteiger partial charge in [-0.2, -0.15) is 0 Å². The lowest BCUT2D eigenvalue weighted by Gasteiger charge is -2.13. The number of anilines is 1. The Bertz CT molecular complexity index is 292. The van der Waals surface area contributed by atoms with Crippen molar-refractivity contribution in [3.8, 4) is 5.75 Å². The fourth-order valence-electron chi connectivity index (χ4n) is 1.92. The molecular formula is C12H17NO. The van der Waals surface area contributed by atoms with Gasteiger partial charge in [0.05, 0.1) is 6.10 Å². The average molecular weight is 191 g/mol. The first-order valence-corrected chi connectivity index (χ1v) is 5.33. The SMILES string of the molecule is CNc1cccc(OC2CCCC2)c1. The standard InChI is InChI=1S/C12H17NO/c1-13-10-5-4-8-12(9-10)14-11-6-2-3-7-11/h4-5,8-9,11,13H,2-3,6-7H2,1H3. The van der Waals surface area contributed by atoms with Gasteiger partial charge in [0.1, 0.15) is 5.75 Å². The number of ether oxygens (including phenoxy) is 1. The largest absolute Gasteiger partial charge is 0.490 e. The Balaban J connectivity index is 2.00. The molecule has 0 amide bonds. The fraction of sp³-hybridized carbons (Fsp3) is 0.500. The molecular weight excluding hydrogens is 174 g/mol. The molecule has 2 rings (SSSR count). The zero-order valence-corrected chi connectivity index (χ0v) is 8.62. The van der Waals surface area contributed by atoms with Gasteiger partial charge in [0, 0.05) is 18.8 Å². The average Bonchev–Trinajstić information content (AvgIpc) is 2.71. The molecule has 2 nitrogen and oxygen atoms in total. The molecule has 0 aromatic heterocycles. The third-order valence-electron chi connectivity index (χ3n) is 2.73. The van der Waals surface area contributed by atoms with Crippen LogP contribution in [0.15, 0.2) is 24.3 Å². The molecule has 0 atom stereocenters. The molecule has 14 heavy (non-hydrogen) atoms. The monoisotopic (exact) mass is 191 g/mol. The Morgan fingerprint density at radius 3 is 2.79 bits per heavy atom. The van der Waals surface area contributed by atoms with Gasteiger partial charge >= 0.3 is 0 Å². The highest BCUT2D eigenvalue weighted by atomic mass is 16.5. The van der Waals surface area contributed by atoms with Gasteiger partial charge < -0.3 is 10.1 Å². The number of nitrogens with one attached hydrogen (secondary N) is 1. The van der Waals surface area contributed by atoms with Gasteiger partial charge in [0.15, 0.2) is 0 Å². The van der Waals surface area contributed by atoms with Crippen LogP contribution in [-0.2, 0) is 0 Å². The Morgan fingerprint density at radius 1 is 1.29 bits per heavy atom. The van der Waals surface area contributed by atoms with E-state index in [9.17, 15) is 0 Å². The van der Waals surface area contributed by atoms with Crippen LogP contribution >= 0.6 is 0 Å². The number of rotatable bonds is 3. The highest BCUT2D eigenvalue weighted by Gasteiger charge is 2.16. The summed E-state index contributed by atoms with van der Waals surface area (Å²) in [5.74, 6) is 0.990. The molecule has 0 bridgehead atoms. The lowest BCUT2D eigenvalue weighted by molar-refractivity contribution is 0.210. The highest BCUT2D eigenvalue weighted by Crippen LogP contribution is 2.25. The fourth-order valence-corrected chi connectivity index (χ4v) is 1.92. The van der Waals surface area contributed by atoms with Crippen molar-refractivity contribution in [2.45, 2.75) is 31.8 Å². The number of hydrogen-bond acceptors (Lipinski definition) is 2. The molecule has 1 aliphatic carbocycles. The van der Waals surface area contributed by atoms with Gasteiger partial charge in [0.2, 0.25) is 0 Å². The molecule has 1 N–H and O–H groups in total. The second kappa shape index (κ2) is 4.36. The summed E-state index contributed by atoms with van der Waals surface area (Å²) in [5, 5.41) is 3.11. The zero-order valence-electron chi connectivity index (χ0n) is 8.62. The van der Waals surface area contributed by atoms with Crippen molar-refractivity contribution >= 4 is 5.69 Å². The maximum absolute atomic E-state index is 5.88. The molecule has 1 saturated carbocycles. The van der Waals surface area contributed by atoms with Crippen LogP contribution in [-0.4, -0.2) is 13.2 Å². The smallest absolute Gasteiger partial charge is 0.121 e. The first-order valence-electron chi connectivity index (χ1n) is 5.33. The lowest BCUT2D eigenvalue weighted by atomic mass is 10.3. The lowest BCUT2D eigenvalue weighted by Crippen LogP contribution is -2.10. The zero-order chi connectivity index (χ0) is 9.80. The van der Waals surface area contributed by atoms with Gasteiger partial charge in [-0.25, -0.2) is 0 Å². The molecule has 1 aromatic carbocycles. The summed E-state index contributed by atoms with van der Waals surface area (Å²) in [6, 6.07) is 8.15. The molecule has 1 fully saturated rings. The first kappa shape index (κ1) is 9.38. The van der Waals surface area contributed by atoms with E-state index in [0.717, 1.165) is 11.4 Å². The van der Waals surface area contributed by atoms with Crippen LogP contribution in [0.2, 0.25) is 0 Å². The van der Waals surface area contributed by atoms with Gasteiger partial charge in [0.25, 0.3) is 0 Å². The van der Waals surface area contributed by atoms with Crippen molar-refractivity contribution in [2.24, 2.45) is 0 Å². The summed E-state index contributed by atoms with van der Waals surface area (Å²) >= 11 is 0. The molecule has 76 valence electrons. The van der Waals surface area contributed by atoms with E-state index in [4.69, 9.17) is 4.74 Å². The summed E-state index contributed by atoms with van der Waals surface area (Å²) in [6.07, 6.45) is 5.50. The van der Waals surface area contributed by atoms with Crippen LogP contribution in [0.5, 0.6) is 5.75 Å². The Morgan fingerprint density at radius 2 is 2.07 bits per heavy atom. The minimum absolute atomic E-state index is 0.446. The van der Waals surface area contributed by atoms with Crippen molar-refractivity contribution in [2.75, 3.05) is 12.4 Å². The van der Waals surface area contributed by atoms with Gasteiger partial charge in [-0.15, -0.1) is 0 Å². The molecule has 2 heteroatoms. The predicted molar refractivity (Wildman–Crippen MR) is 58.9 cm³/mol. The highest BCUT2D eigenvalue weighted by molar-refractivity contribution is 5.47. The van der Waals surface area contributed by atoms with Gasteiger partial charge in [-0.1, -0.05) is 6.07 Å². The topological polar surface area (TPSA) is 21.3 Å². The van der Waals surface area contributed by atoms with Crippen molar-refractivity contribution in [1.29, 1.82) is 0 Å². The molecule has 0 aliphatic heterocycles. The van der Waals surface area contributed by atoms with Gasteiger partial charge in [-0.3, -0.25) is 0 Å². The second-order valence-electron chi connectivity index (χ2n) is 3.80. The summed E-state index contributed by atoms with van der Waals surface area (Å²) in [5.41, 5.74) is 1.11. The van der Waals surface area contributed by atoms with Gasteiger partial charge in [-0.05, 0) is 37.8 Å². The molecule has 0 spiro atoms. The summed E-state index contributed by atoms with van der Waals surface area (Å²) in [7, 11) is 1.93. The molecule has 1 aliphatic rings. The predicted octanol–water partition coefficient (Wildman–Crippen LogP) is 3.05. The van der Waals surface area contributed by atoms with E-state index in [1.165, 1.54) is 25.7 Å². The molecule has 0 radical (unpaired) electrons. The third kappa shape index (κ3) is 2.19. The van der Waals surface area contributed by atoms with Crippen molar-refractivity contribution in [1.82, 2.24) is 0 Å². The van der Waals surface area contributed by atoms with E-state index in [1.54, 1.807) is 0 Å². The molecule has 1 aromatic rings. The van der Waals surface area contributed by atoms with Crippen LogP contribution in [0.4, 0.5) is 5.69 Å². The minimum atomic E-state index is 0.446. The number of benzene rings is 1. The second-order valence-corrected chi connectivity index (χ2v) is 3.80. The quantitative estimate of drug-likeness (QED) is 0.792. The Labute approximate surface area is 85.3 Å². The maximum Gasteiger partial charge on any atom is 0.121 e. The maximum atomic E-state index is 5.88. The summed E-state index contributed by atoms with van der Waals surface area (Å²) < 4.78 is 5.88. The Hall–Kier alpha value is -1.18. The van der Waals surface area contributed by atoms with E-state index in [1.807, 2.05) is 25.2 Å². The van der Waals surface area contributed by atoms with E-state index in [2.05, 4.69) is 11.4 Å². The molecule has 0 unspecified atom stereocenters. The summed E-state index contributed by atoms with van der Waals surface area (Å²) in [4.78, 5) is 0. The third-order valence-corrected chi connectivity index (χ3v) is 2.73.